The third-order valence-corrected chi connectivity index (χ3v) is 4.13. The average molecular weight is 317 g/mol. The summed E-state index contributed by atoms with van der Waals surface area (Å²) in [7, 11) is 0. The van der Waals surface area contributed by atoms with E-state index >= 15 is 0 Å². The second kappa shape index (κ2) is 7.07. The molecule has 0 amide bonds. The molecule has 0 spiro atoms. The van der Waals surface area contributed by atoms with Crippen LogP contribution in [-0.2, 0) is 0 Å². The normalized spacial score (nSPS) is 10.8. The Morgan fingerprint density at radius 1 is 1.47 bits per heavy atom. The van der Waals surface area contributed by atoms with Crippen LogP contribution in [0.25, 0.3) is 0 Å². The number of halogens is 1. The molecular formula is C13H17BrO2S. The fourth-order valence-corrected chi connectivity index (χ4v) is 2.77. The van der Waals surface area contributed by atoms with Gasteiger partial charge in [0.05, 0.1) is 5.56 Å². The lowest BCUT2D eigenvalue weighted by molar-refractivity contribution is 0.0695. The maximum atomic E-state index is 11.0. The van der Waals surface area contributed by atoms with E-state index in [0.717, 1.165) is 16.6 Å². The predicted molar refractivity (Wildman–Crippen MR) is 75.9 cm³/mol. The summed E-state index contributed by atoms with van der Waals surface area (Å²) >= 11 is 4.96. The summed E-state index contributed by atoms with van der Waals surface area (Å²) < 4.78 is 0.636. The first-order valence-corrected chi connectivity index (χ1v) is 7.44. The van der Waals surface area contributed by atoms with E-state index in [4.69, 9.17) is 5.11 Å². The van der Waals surface area contributed by atoms with Crippen molar-refractivity contribution in [3.63, 3.8) is 0 Å². The van der Waals surface area contributed by atoms with Gasteiger partial charge >= 0.3 is 5.97 Å². The summed E-state index contributed by atoms with van der Waals surface area (Å²) in [5, 5.41) is 9.00. The molecule has 0 atom stereocenters. The van der Waals surface area contributed by atoms with Crippen LogP contribution >= 0.6 is 27.7 Å². The van der Waals surface area contributed by atoms with Crippen LogP contribution in [0.2, 0.25) is 0 Å². The van der Waals surface area contributed by atoms with E-state index in [1.54, 1.807) is 23.9 Å². The molecule has 2 nitrogen and oxygen atoms in total. The fourth-order valence-electron chi connectivity index (χ4n) is 1.44. The quantitative estimate of drug-likeness (QED) is 0.611. The van der Waals surface area contributed by atoms with Crippen LogP contribution in [-0.4, -0.2) is 16.8 Å². The number of carboxylic acid groups (broad SMARTS) is 1. The highest BCUT2D eigenvalue weighted by Crippen LogP contribution is 2.26. The van der Waals surface area contributed by atoms with Gasteiger partial charge in [0.2, 0.25) is 0 Å². The lowest BCUT2D eigenvalue weighted by atomic mass is 10.1. The molecule has 0 unspecified atom stereocenters. The predicted octanol–water partition coefficient (Wildman–Crippen LogP) is 4.68. The molecule has 17 heavy (non-hydrogen) atoms. The van der Waals surface area contributed by atoms with Crippen molar-refractivity contribution in [1.29, 1.82) is 0 Å². The van der Waals surface area contributed by atoms with Gasteiger partial charge in [-0.05, 0) is 52.2 Å². The molecule has 0 aliphatic rings. The Bertz CT molecular complexity index is 391. The number of thioether (sulfide) groups is 1. The van der Waals surface area contributed by atoms with Gasteiger partial charge in [0.15, 0.2) is 0 Å². The molecule has 1 N–H and O–H groups in total. The molecule has 1 rings (SSSR count). The Hall–Kier alpha value is -0.480. The topological polar surface area (TPSA) is 37.3 Å². The van der Waals surface area contributed by atoms with E-state index in [1.807, 2.05) is 6.07 Å². The van der Waals surface area contributed by atoms with E-state index in [-0.39, 0.29) is 0 Å². The standard InChI is InChI=1S/C13H17BrO2S/c1-9(2)4-3-7-17-10-5-6-12(14)11(8-10)13(15)16/h5-6,8-9H,3-4,7H2,1-2H3,(H,15,16). The summed E-state index contributed by atoms with van der Waals surface area (Å²) in [6.07, 6.45) is 2.39. The minimum Gasteiger partial charge on any atom is -0.478 e. The van der Waals surface area contributed by atoms with E-state index in [2.05, 4.69) is 29.8 Å². The van der Waals surface area contributed by atoms with Crippen molar-refractivity contribution in [3.05, 3.63) is 28.2 Å². The minimum absolute atomic E-state index is 0.332. The zero-order valence-corrected chi connectivity index (χ0v) is 12.5. The van der Waals surface area contributed by atoms with Gasteiger partial charge in [-0.25, -0.2) is 4.79 Å². The smallest absolute Gasteiger partial charge is 0.336 e. The third-order valence-electron chi connectivity index (χ3n) is 2.36. The number of benzene rings is 1. The molecule has 0 saturated heterocycles. The van der Waals surface area contributed by atoms with Crippen LogP contribution in [0.15, 0.2) is 27.6 Å². The number of carboxylic acids is 1. The van der Waals surface area contributed by atoms with Crippen LogP contribution in [0.5, 0.6) is 0 Å². The van der Waals surface area contributed by atoms with Gasteiger partial charge in [0, 0.05) is 9.37 Å². The first kappa shape index (κ1) is 14.6. The second-order valence-corrected chi connectivity index (χ2v) is 6.35. The summed E-state index contributed by atoms with van der Waals surface area (Å²) in [4.78, 5) is 12.0. The van der Waals surface area contributed by atoms with Crippen molar-refractivity contribution < 1.29 is 9.90 Å². The van der Waals surface area contributed by atoms with Crippen LogP contribution in [0.4, 0.5) is 0 Å². The maximum absolute atomic E-state index is 11.0. The van der Waals surface area contributed by atoms with Gasteiger partial charge < -0.3 is 5.11 Å². The fraction of sp³-hybridized carbons (Fsp3) is 0.462. The molecule has 1 aromatic rings. The molecule has 0 saturated carbocycles. The Balaban J connectivity index is 2.54. The van der Waals surface area contributed by atoms with Crippen LogP contribution in [0.1, 0.15) is 37.0 Å². The highest BCUT2D eigenvalue weighted by Gasteiger charge is 2.09. The largest absolute Gasteiger partial charge is 0.478 e. The summed E-state index contributed by atoms with van der Waals surface area (Å²) in [5.74, 6) is 0.885. The number of hydrogen-bond acceptors (Lipinski definition) is 2. The van der Waals surface area contributed by atoms with Crippen molar-refractivity contribution in [1.82, 2.24) is 0 Å². The van der Waals surface area contributed by atoms with Crippen LogP contribution < -0.4 is 0 Å². The molecule has 0 aliphatic heterocycles. The Morgan fingerprint density at radius 2 is 2.18 bits per heavy atom. The van der Waals surface area contributed by atoms with Crippen LogP contribution in [0, 0.1) is 5.92 Å². The SMILES string of the molecule is CC(C)CCCSc1ccc(Br)c(C(=O)O)c1. The number of rotatable bonds is 6. The Morgan fingerprint density at radius 3 is 2.76 bits per heavy atom. The van der Waals surface area contributed by atoms with Gasteiger partial charge in [-0.2, -0.15) is 0 Å². The Kier molecular flexibility index (Phi) is 6.06. The van der Waals surface area contributed by atoms with Gasteiger partial charge in [-0.15, -0.1) is 11.8 Å². The number of carbonyl (C=O) groups is 1. The molecule has 0 aliphatic carbocycles. The molecule has 94 valence electrons. The van der Waals surface area contributed by atoms with Crippen molar-refractivity contribution >= 4 is 33.7 Å². The highest BCUT2D eigenvalue weighted by molar-refractivity contribution is 9.10. The third kappa shape index (κ3) is 5.13. The molecule has 1 aromatic carbocycles. The van der Waals surface area contributed by atoms with E-state index in [0.29, 0.717) is 10.0 Å². The number of hydrogen-bond donors (Lipinski definition) is 1. The lowest BCUT2D eigenvalue weighted by Gasteiger charge is -2.06. The average Bonchev–Trinajstić information content (AvgIpc) is 2.25. The first-order chi connectivity index (χ1) is 8.00. The summed E-state index contributed by atoms with van der Waals surface area (Å²) in [6, 6.07) is 5.48. The molecule has 4 heteroatoms. The minimum atomic E-state index is -0.887. The van der Waals surface area contributed by atoms with Gasteiger partial charge in [-0.3, -0.25) is 0 Å². The van der Waals surface area contributed by atoms with Crippen LogP contribution in [0.3, 0.4) is 0 Å². The van der Waals surface area contributed by atoms with Gasteiger partial charge in [-0.1, -0.05) is 20.3 Å². The highest BCUT2D eigenvalue weighted by atomic mass is 79.9. The molecule has 0 fully saturated rings. The lowest BCUT2D eigenvalue weighted by Crippen LogP contribution is -1.97. The monoisotopic (exact) mass is 316 g/mol. The van der Waals surface area contributed by atoms with E-state index < -0.39 is 5.97 Å². The zero-order valence-electron chi connectivity index (χ0n) is 10.1. The number of aromatic carboxylic acids is 1. The zero-order chi connectivity index (χ0) is 12.8. The summed E-state index contributed by atoms with van der Waals surface area (Å²) in [6.45, 7) is 4.43. The van der Waals surface area contributed by atoms with Crippen molar-refractivity contribution in [2.75, 3.05) is 5.75 Å². The maximum Gasteiger partial charge on any atom is 0.336 e. The first-order valence-electron chi connectivity index (χ1n) is 5.66. The van der Waals surface area contributed by atoms with Gasteiger partial charge in [0.25, 0.3) is 0 Å². The second-order valence-electron chi connectivity index (χ2n) is 4.33. The van der Waals surface area contributed by atoms with E-state index in [9.17, 15) is 4.79 Å². The molecule has 0 aromatic heterocycles. The van der Waals surface area contributed by atoms with E-state index in [1.165, 1.54) is 12.8 Å². The van der Waals surface area contributed by atoms with Crippen molar-refractivity contribution in [2.24, 2.45) is 5.92 Å². The van der Waals surface area contributed by atoms with Crippen molar-refractivity contribution in [3.8, 4) is 0 Å². The molecule has 0 radical (unpaired) electrons. The summed E-state index contributed by atoms with van der Waals surface area (Å²) in [5.41, 5.74) is 0.332. The Labute approximate surface area is 115 Å². The van der Waals surface area contributed by atoms with Gasteiger partial charge in [0.1, 0.15) is 0 Å². The molecular weight excluding hydrogens is 300 g/mol. The molecule has 0 bridgehead atoms. The van der Waals surface area contributed by atoms with Crippen molar-refractivity contribution in [2.45, 2.75) is 31.6 Å². The molecule has 0 heterocycles.